The summed E-state index contributed by atoms with van der Waals surface area (Å²) in [5.41, 5.74) is 0. The van der Waals surface area contributed by atoms with Gasteiger partial charge in [0.15, 0.2) is 6.10 Å². The molecule has 0 aromatic heterocycles. The highest BCUT2D eigenvalue weighted by molar-refractivity contribution is 7.89. The Morgan fingerprint density at radius 1 is 1.33 bits per heavy atom. The number of amides is 1. The average Bonchev–Trinajstić information content (AvgIpc) is 3.31. The van der Waals surface area contributed by atoms with E-state index in [1.54, 1.807) is 0 Å². The minimum atomic E-state index is -3.95. The van der Waals surface area contributed by atoms with Crippen molar-refractivity contribution in [3.63, 3.8) is 0 Å². The molecule has 0 saturated heterocycles. The molecule has 0 aliphatic heterocycles. The molecule has 9 heteroatoms. The van der Waals surface area contributed by atoms with Crippen molar-refractivity contribution < 1.29 is 27.1 Å². The Morgan fingerprint density at radius 2 is 1.92 bits per heavy atom. The fourth-order valence-corrected chi connectivity index (χ4v) is 3.00. The van der Waals surface area contributed by atoms with Crippen molar-refractivity contribution in [1.82, 2.24) is 9.62 Å². The van der Waals surface area contributed by atoms with Crippen molar-refractivity contribution >= 4 is 21.9 Å². The Labute approximate surface area is 139 Å². The summed E-state index contributed by atoms with van der Waals surface area (Å²) in [5, 5.41) is 2.69. The van der Waals surface area contributed by atoms with Crippen LogP contribution in [0.4, 0.5) is 4.39 Å². The van der Waals surface area contributed by atoms with Gasteiger partial charge in [-0.25, -0.2) is 12.8 Å². The number of nitrogens with one attached hydrogen (secondary N) is 1. The predicted molar refractivity (Wildman–Crippen MR) is 82.9 cm³/mol. The third-order valence-electron chi connectivity index (χ3n) is 3.47. The number of carbonyl (C=O) groups is 2. The third kappa shape index (κ3) is 4.75. The first-order valence-electron chi connectivity index (χ1n) is 7.42. The van der Waals surface area contributed by atoms with Crippen LogP contribution in [-0.4, -0.2) is 50.3 Å². The van der Waals surface area contributed by atoms with E-state index >= 15 is 0 Å². The minimum Gasteiger partial charge on any atom is -0.452 e. The maximum Gasteiger partial charge on any atom is 0.322 e. The smallest absolute Gasteiger partial charge is 0.322 e. The minimum absolute atomic E-state index is 0.139. The second-order valence-corrected chi connectivity index (χ2v) is 7.67. The van der Waals surface area contributed by atoms with Crippen LogP contribution in [0.2, 0.25) is 0 Å². The van der Waals surface area contributed by atoms with E-state index < -0.39 is 40.4 Å². The number of hydrogen-bond donors (Lipinski definition) is 1. The number of halogens is 1. The Morgan fingerprint density at radius 3 is 2.46 bits per heavy atom. The van der Waals surface area contributed by atoms with E-state index in [-0.39, 0.29) is 10.9 Å². The molecule has 1 aromatic carbocycles. The molecule has 1 aromatic rings. The summed E-state index contributed by atoms with van der Waals surface area (Å²) < 4.78 is 43.1. The summed E-state index contributed by atoms with van der Waals surface area (Å²) >= 11 is 0. The molecule has 1 amide bonds. The average molecular weight is 358 g/mol. The molecule has 2 rings (SSSR count). The lowest BCUT2D eigenvalue weighted by Crippen LogP contribution is -2.40. The van der Waals surface area contributed by atoms with Crippen LogP contribution in [0, 0.1) is 5.82 Å². The Hall–Kier alpha value is -2.00. The van der Waals surface area contributed by atoms with Crippen LogP contribution in [0.25, 0.3) is 0 Å². The highest BCUT2D eigenvalue weighted by Crippen LogP contribution is 2.19. The molecular formula is C15H19FN2O5S. The van der Waals surface area contributed by atoms with Gasteiger partial charge in [0.05, 0.1) is 4.90 Å². The molecule has 0 heterocycles. The highest BCUT2D eigenvalue weighted by atomic mass is 32.2. The lowest BCUT2D eigenvalue weighted by Gasteiger charge is -2.18. The maximum absolute atomic E-state index is 12.9. The molecule has 0 spiro atoms. The first-order chi connectivity index (χ1) is 11.2. The summed E-state index contributed by atoms with van der Waals surface area (Å²) in [6.07, 6.45) is 0.816. The van der Waals surface area contributed by atoms with Crippen molar-refractivity contribution in [3.8, 4) is 0 Å². The molecule has 0 bridgehead atoms. The van der Waals surface area contributed by atoms with Gasteiger partial charge in [0.1, 0.15) is 12.4 Å². The topological polar surface area (TPSA) is 92.8 Å². The number of ether oxygens (including phenoxy) is 1. The molecule has 1 aliphatic rings. The van der Waals surface area contributed by atoms with E-state index in [2.05, 4.69) is 5.32 Å². The first-order valence-corrected chi connectivity index (χ1v) is 8.86. The standard InChI is InChI=1S/C15H19FN2O5S/c1-10(15(20)17-12-5-6-12)23-14(19)9-18(2)24(21,22)13-7-3-11(16)4-8-13/h3-4,7-8,10,12H,5-6,9H2,1-2H3,(H,17,20). The van der Waals surface area contributed by atoms with Crippen molar-refractivity contribution in [2.24, 2.45) is 0 Å². The lowest BCUT2D eigenvalue weighted by atomic mass is 10.3. The second-order valence-electron chi connectivity index (χ2n) is 5.63. The van der Waals surface area contributed by atoms with Crippen molar-refractivity contribution in [3.05, 3.63) is 30.1 Å². The summed E-state index contributed by atoms with van der Waals surface area (Å²) in [6, 6.07) is 4.39. The number of hydrogen-bond acceptors (Lipinski definition) is 5. The van der Waals surface area contributed by atoms with E-state index in [4.69, 9.17) is 4.74 Å². The fraction of sp³-hybridized carbons (Fsp3) is 0.467. The molecule has 0 radical (unpaired) electrons. The van der Waals surface area contributed by atoms with Gasteiger partial charge in [-0.05, 0) is 44.0 Å². The molecule has 1 aliphatic carbocycles. The van der Waals surface area contributed by atoms with Crippen LogP contribution in [-0.2, 0) is 24.3 Å². The van der Waals surface area contributed by atoms with E-state index in [0.717, 1.165) is 41.4 Å². The third-order valence-corrected chi connectivity index (χ3v) is 5.29. The number of nitrogens with zero attached hydrogens (tertiary/aromatic N) is 1. The Kier molecular flexibility index (Phi) is 5.55. The zero-order chi connectivity index (χ0) is 17.9. The van der Waals surface area contributed by atoms with Gasteiger partial charge in [0, 0.05) is 13.1 Å². The van der Waals surface area contributed by atoms with Gasteiger partial charge in [0.2, 0.25) is 10.0 Å². The van der Waals surface area contributed by atoms with Crippen LogP contribution < -0.4 is 5.32 Å². The number of sulfonamides is 1. The summed E-state index contributed by atoms with van der Waals surface area (Å²) in [5.74, 6) is -1.82. The largest absolute Gasteiger partial charge is 0.452 e. The summed E-state index contributed by atoms with van der Waals surface area (Å²) in [6.45, 7) is 0.866. The molecule has 1 N–H and O–H groups in total. The SMILES string of the molecule is CC(OC(=O)CN(C)S(=O)(=O)c1ccc(F)cc1)C(=O)NC1CC1. The molecule has 1 fully saturated rings. The van der Waals surface area contributed by atoms with Crippen LogP contribution in [0.3, 0.4) is 0 Å². The van der Waals surface area contributed by atoms with Crippen LogP contribution in [0.15, 0.2) is 29.2 Å². The number of likely N-dealkylation sites (N-methyl/N-ethyl adjacent to an activating group) is 1. The summed E-state index contributed by atoms with van der Waals surface area (Å²) in [7, 11) is -2.75. The zero-order valence-electron chi connectivity index (χ0n) is 13.4. The van der Waals surface area contributed by atoms with E-state index in [9.17, 15) is 22.4 Å². The zero-order valence-corrected chi connectivity index (χ0v) is 14.2. The molecule has 24 heavy (non-hydrogen) atoms. The second kappa shape index (κ2) is 7.27. The Bertz CT molecular complexity index is 716. The number of benzene rings is 1. The van der Waals surface area contributed by atoms with Gasteiger partial charge in [0.25, 0.3) is 5.91 Å². The van der Waals surface area contributed by atoms with Crippen molar-refractivity contribution in [1.29, 1.82) is 0 Å². The molecule has 132 valence electrons. The quantitative estimate of drug-likeness (QED) is 0.723. The Balaban J connectivity index is 1.92. The number of esters is 1. The summed E-state index contributed by atoms with van der Waals surface area (Å²) in [4.78, 5) is 23.4. The maximum atomic E-state index is 12.9. The lowest BCUT2D eigenvalue weighted by molar-refractivity contribution is -0.154. The van der Waals surface area contributed by atoms with Gasteiger partial charge in [-0.15, -0.1) is 0 Å². The van der Waals surface area contributed by atoms with Gasteiger partial charge >= 0.3 is 5.97 Å². The number of rotatable bonds is 7. The first kappa shape index (κ1) is 18.3. The van der Waals surface area contributed by atoms with E-state index in [1.165, 1.54) is 14.0 Å². The van der Waals surface area contributed by atoms with Gasteiger partial charge < -0.3 is 10.1 Å². The molecule has 7 nitrogen and oxygen atoms in total. The van der Waals surface area contributed by atoms with Gasteiger partial charge in [-0.1, -0.05) is 0 Å². The molecule has 1 atom stereocenters. The van der Waals surface area contributed by atoms with Crippen molar-refractivity contribution in [2.45, 2.75) is 36.8 Å². The van der Waals surface area contributed by atoms with Crippen LogP contribution in [0.5, 0.6) is 0 Å². The van der Waals surface area contributed by atoms with Crippen LogP contribution >= 0.6 is 0 Å². The van der Waals surface area contributed by atoms with E-state index in [1.807, 2.05) is 0 Å². The van der Waals surface area contributed by atoms with Gasteiger partial charge in [-0.2, -0.15) is 4.31 Å². The fourth-order valence-electron chi connectivity index (χ4n) is 1.89. The monoisotopic (exact) mass is 358 g/mol. The normalized spacial score (nSPS) is 15.8. The predicted octanol–water partition coefficient (Wildman–Crippen LogP) is 0.656. The van der Waals surface area contributed by atoms with Gasteiger partial charge in [-0.3, -0.25) is 9.59 Å². The molecule has 1 saturated carbocycles. The number of carbonyl (C=O) groups excluding carboxylic acids is 2. The molecule has 1 unspecified atom stereocenters. The highest BCUT2D eigenvalue weighted by Gasteiger charge is 2.28. The van der Waals surface area contributed by atoms with Crippen LogP contribution in [0.1, 0.15) is 19.8 Å². The molecular weight excluding hydrogens is 339 g/mol. The van der Waals surface area contributed by atoms with E-state index in [0.29, 0.717) is 0 Å². The van der Waals surface area contributed by atoms with Crippen molar-refractivity contribution in [2.75, 3.05) is 13.6 Å².